The Kier molecular flexibility index (Phi) is 10.7. The van der Waals surface area contributed by atoms with E-state index in [1.54, 1.807) is 7.11 Å². The molecule has 0 aliphatic rings. The fraction of sp³-hybridized carbons (Fsp3) is 0.900. The number of nitriles is 1. The van der Waals surface area contributed by atoms with Crippen molar-refractivity contribution in [3.63, 3.8) is 0 Å². The van der Waals surface area contributed by atoms with E-state index in [-0.39, 0.29) is 6.04 Å². The first-order chi connectivity index (χ1) is 6.85. The maximum absolute atomic E-state index is 8.76. The van der Waals surface area contributed by atoms with E-state index in [0.717, 1.165) is 37.5 Å². The normalized spacial score (nSPS) is 12.4. The van der Waals surface area contributed by atoms with Gasteiger partial charge < -0.3 is 10.1 Å². The minimum Gasteiger partial charge on any atom is -0.385 e. The first-order valence-electron chi connectivity index (χ1n) is 5.04. The quantitative estimate of drug-likeness (QED) is 0.595. The van der Waals surface area contributed by atoms with E-state index < -0.39 is 0 Å². The molecule has 0 fully saturated rings. The second kappa shape index (κ2) is 10.8. The molecule has 0 radical (unpaired) electrons. The molecule has 14 heavy (non-hydrogen) atoms. The molecule has 0 aromatic heterocycles. The van der Waals surface area contributed by atoms with Crippen LogP contribution in [0.2, 0.25) is 0 Å². The van der Waals surface area contributed by atoms with Crippen molar-refractivity contribution in [2.45, 2.75) is 25.8 Å². The second-order valence-electron chi connectivity index (χ2n) is 2.99. The largest absolute Gasteiger partial charge is 0.385 e. The summed E-state index contributed by atoms with van der Waals surface area (Å²) < 4.78 is 4.95. The van der Waals surface area contributed by atoms with Gasteiger partial charge in [0.15, 0.2) is 0 Å². The van der Waals surface area contributed by atoms with Crippen LogP contribution in [0.4, 0.5) is 0 Å². The van der Waals surface area contributed by atoms with Gasteiger partial charge in [0, 0.05) is 13.7 Å². The van der Waals surface area contributed by atoms with Crippen molar-refractivity contribution in [1.82, 2.24) is 5.32 Å². The van der Waals surface area contributed by atoms with E-state index in [0.29, 0.717) is 0 Å². The van der Waals surface area contributed by atoms with E-state index in [4.69, 9.17) is 10.00 Å². The number of ether oxygens (including phenoxy) is 1. The molecule has 1 unspecified atom stereocenters. The van der Waals surface area contributed by atoms with Gasteiger partial charge in [0.1, 0.15) is 0 Å². The molecule has 1 N–H and O–H groups in total. The van der Waals surface area contributed by atoms with Crippen molar-refractivity contribution in [3.8, 4) is 6.07 Å². The monoisotopic (exact) mass is 216 g/mol. The Hall–Kier alpha value is -0.240. The number of methoxy groups -OCH3 is 1. The van der Waals surface area contributed by atoms with E-state index in [1.165, 1.54) is 0 Å². The van der Waals surface area contributed by atoms with Crippen LogP contribution in [0.1, 0.15) is 19.8 Å². The Morgan fingerprint density at radius 3 is 2.86 bits per heavy atom. The third-order valence-corrected chi connectivity index (χ3v) is 2.90. The Bertz CT molecular complexity index is 159. The van der Waals surface area contributed by atoms with Crippen molar-refractivity contribution in [2.24, 2.45) is 0 Å². The lowest BCUT2D eigenvalue weighted by molar-refractivity contribution is 0.200. The molecule has 0 aromatic rings. The number of thioether (sulfide) groups is 1. The summed E-state index contributed by atoms with van der Waals surface area (Å²) in [6.45, 7) is 3.73. The zero-order chi connectivity index (χ0) is 10.6. The Morgan fingerprint density at radius 1 is 1.50 bits per heavy atom. The highest BCUT2D eigenvalue weighted by Gasteiger charge is 2.03. The van der Waals surface area contributed by atoms with Crippen LogP contribution in [-0.4, -0.2) is 37.8 Å². The molecule has 0 bridgehead atoms. The predicted molar refractivity (Wildman–Crippen MR) is 61.5 cm³/mol. The van der Waals surface area contributed by atoms with Gasteiger partial charge in [0.05, 0.1) is 12.1 Å². The van der Waals surface area contributed by atoms with Crippen molar-refractivity contribution in [2.75, 3.05) is 31.8 Å². The summed E-state index contributed by atoms with van der Waals surface area (Å²) in [5, 5.41) is 11.9. The molecule has 0 aliphatic carbocycles. The molecule has 82 valence electrons. The van der Waals surface area contributed by atoms with Gasteiger partial charge in [-0.25, -0.2) is 0 Å². The number of rotatable bonds is 9. The summed E-state index contributed by atoms with van der Waals surface area (Å²) in [5.41, 5.74) is 0. The highest BCUT2D eigenvalue weighted by Crippen LogP contribution is 2.06. The van der Waals surface area contributed by atoms with E-state index in [9.17, 15) is 0 Å². The highest BCUT2D eigenvalue weighted by molar-refractivity contribution is 7.99. The summed E-state index contributed by atoms with van der Waals surface area (Å²) in [6.07, 6.45) is 2.03. The number of nitrogens with one attached hydrogen (secondary N) is 1. The van der Waals surface area contributed by atoms with Gasteiger partial charge in [-0.3, -0.25) is 0 Å². The fourth-order valence-electron chi connectivity index (χ4n) is 1.07. The van der Waals surface area contributed by atoms with Crippen LogP contribution in [0.15, 0.2) is 0 Å². The van der Waals surface area contributed by atoms with Crippen LogP contribution in [0, 0.1) is 11.3 Å². The minimum absolute atomic E-state index is 0.0231. The summed E-state index contributed by atoms with van der Waals surface area (Å²) in [6, 6.07) is 2.28. The molecule has 0 spiro atoms. The topological polar surface area (TPSA) is 45.0 Å². The van der Waals surface area contributed by atoms with E-state index in [2.05, 4.69) is 11.4 Å². The van der Waals surface area contributed by atoms with Gasteiger partial charge in [-0.05, 0) is 30.9 Å². The van der Waals surface area contributed by atoms with Crippen LogP contribution in [0.25, 0.3) is 0 Å². The molecule has 4 heteroatoms. The average molecular weight is 216 g/mol. The fourth-order valence-corrected chi connectivity index (χ4v) is 2.00. The molecule has 3 nitrogen and oxygen atoms in total. The van der Waals surface area contributed by atoms with Crippen LogP contribution in [0.3, 0.4) is 0 Å². The molecule has 0 rings (SSSR count). The summed E-state index contributed by atoms with van der Waals surface area (Å²) in [4.78, 5) is 0. The minimum atomic E-state index is 0.0231. The standard InChI is InChI=1S/C10H20N2OS/c1-3-12-10(9-11)5-8-14-7-4-6-13-2/h10,12H,3-8H2,1-2H3. The van der Waals surface area contributed by atoms with Crippen LogP contribution in [0.5, 0.6) is 0 Å². The van der Waals surface area contributed by atoms with Crippen LogP contribution in [-0.2, 0) is 4.74 Å². The van der Waals surface area contributed by atoms with Crippen molar-refractivity contribution in [3.05, 3.63) is 0 Å². The van der Waals surface area contributed by atoms with Crippen LogP contribution >= 0.6 is 11.8 Å². The van der Waals surface area contributed by atoms with Gasteiger partial charge in [-0.2, -0.15) is 17.0 Å². The smallest absolute Gasteiger partial charge is 0.0960 e. The second-order valence-corrected chi connectivity index (χ2v) is 4.21. The van der Waals surface area contributed by atoms with Crippen molar-refractivity contribution < 1.29 is 4.74 Å². The van der Waals surface area contributed by atoms with E-state index in [1.807, 2.05) is 18.7 Å². The Labute approximate surface area is 91.2 Å². The highest BCUT2D eigenvalue weighted by atomic mass is 32.2. The molecule has 0 aromatic carbocycles. The molecular formula is C10H20N2OS. The Morgan fingerprint density at radius 2 is 2.29 bits per heavy atom. The number of hydrogen-bond donors (Lipinski definition) is 1. The summed E-state index contributed by atoms with van der Waals surface area (Å²) in [5.74, 6) is 2.17. The zero-order valence-electron chi connectivity index (χ0n) is 9.08. The Balaban J connectivity index is 3.21. The number of hydrogen-bond acceptors (Lipinski definition) is 4. The van der Waals surface area contributed by atoms with Crippen LogP contribution < -0.4 is 5.32 Å². The predicted octanol–water partition coefficient (Wildman–Crippen LogP) is 1.65. The molecule has 1 atom stereocenters. The molecule has 0 saturated heterocycles. The van der Waals surface area contributed by atoms with Crippen molar-refractivity contribution in [1.29, 1.82) is 5.26 Å². The molecule has 0 aliphatic heterocycles. The molecule has 0 amide bonds. The lowest BCUT2D eigenvalue weighted by Gasteiger charge is -2.08. The van der Waals surface area contributed by atoms with Crippen molar-refractivity contribution >= 4 is 11.8 Å². The zero-order valence-corrected chi connectivity index (χ0v) is 9.90. The molecule has 0 heterocycles. The van der Waals surface area contributed by atoms with E-state index >= 15 is 0 Å². The summed E-state index contributed by atoms with van der Waals surface area (Å²) >= 11 is 1.89. The van der Waals surface area contributed by atoms with Gasteiger partial charge >= 0.3 is 0 Å². The van der Waals surface area contributed by atoms with Gasteiger partial charge in [0.25, 0.3) is 0 Å². The van der Waals surface area contributed by atoms with Gasteiger partial charge in [0.2, 0.25) is 0 Å². The lowest BCUT2D eigenvalue weighted by atomic mass is 10.2. The number of nitrogens with zero attached hydrogens (tertiary/aromatic N) is 1. The summed E-state index contributed by atoms with van der Waals surface area (Å²) in [7, 11) is 1.72. The third kappa shape index (κ3) is 8.36. The molecular weight excluding hydrogens is 196 g/mol. The molecule has 0 saturated carbocycles. The first-order valence-corrected chi connectivity index (χ1v) is 6.20. The third-order valence-electron chi connectivity index (χ3n) is 1.79. The average Bonchev–Trinajstić information content (AvgIpc) is 2.21. The maximum atomic E-state index is 8.76. The first kappa shape index (κ1) is 13.8. The van der Waals surface area contributed by atoms with Gasteiger partial charge in [-0.1, -0.05) is 6.92 Å². The maximum Gasteiger partial charge on any atom is 0.0960 e. The lowest BCUT2D eigenvalue weighted by Crippen LogP contribution is -2.27. The van der Waals surface area contributed by atoms with Gasteiger partial charge in [-0.15, -0.1) is 0 Å². The SMILES string of the molecule is CCNC(C#N)CCSCCCOC.